The number of hydrogen-bond donors (Lipinski definition) is 0. The Morgan fingerprint density at radius 3 is 2.48 bits per heavy atom. The third kappa shape index (κ3) is 2.90. The average Bonchev–Trinajstić information content (AvgIpc) is 2.74. The average molecular weight is 311 g/mol. The van der Waals surface area contributed by atoms with Crippen LogP contribution in [0.25, 0.3) is 22.1 Å². The summed E-state index contributed by atoms with van der Waals surface area (Å²) in [6, 6.07) is 13.6. The van der Waals surface area contributed by atoms with Crippen LogP contribution in [0, 0.1) is 0 Å². The van der Waals surface area contributed by atoms with Gasteiger partial charge >= 0.3 is 6.18 Å². The van der Waals surface area contributed by atoms with Gasteiger partial charge in [-0.15, -0.1) is 0 Å². The van der Waals surface area contributed by atoms with E-state index < -0.39 is 12.6 Å². The van der Waals surface area contributed by atoms with Gasteiger partial charge in [0, 0.05) is 16.0 Å². The van der Waals surface area contributed by atoms with Crippen molar-refractivity contribution in [3.8, 4) is 11.1 Å². The van der Waals surface area contributed by atoms with Gasteiger partial charge in [0.2, 0.25) is 0 Å². The van der Waals surface area contributed by atoms with Crippen LogP contribution < -0.4 is 0 Å². The first-order chi connectivity index (χ1) is 9.94. The van der Waals surface area contributed by atoms with Gasteiger partial charge in [-0.25, -0.2) is 0 Å². The molecular weight excluding hydrogens is 301 g/mol. The summed E-state index contributed by atoms with van der Waals surface area (Å²) < 4.78 is 43.7. The summed E-state index contributed by atoms with van der Waals surface area (Å²) in [5, 5.41) is 1.12. The standard InChI is InChI=1S/C16H10ClF3O/c17-11-5-3-4-10(8-11)15-12-6-1-2-7-13(12)21-14(15)9-16(18,19)20/h1-8H,9H2. The fourth-order valence-electron chi connectivity index (χ4n) is 2.36. The molecule has 0 radical (unpaired) electrons. The molecule has 3 aromatic rings. The molecule has 3 rings (SSSR count). The quantitative estimate of drug-likeness (QED) is 0.578. The number of fused-ring (bicyclic) bond motifs is 1. The zero-order valence-electron chi connectivity index (χ0n) is 10.7. The predicted molar refractivity (Wildman–Crippen MR) is 76.4 cm³/mol. The summed E-state index contributed by atoms with van der Waals surface area (Å²) >= 11 is 5.95. The first-order valence-electron chi connectivity index (χ1n) is 6.27. The Kier molecular flexibility index (Phi) is 3.41. The molecule has 0 amide bonds. The molecule has 1 heterocycles. The maximum atomic E-state index is 12.8. The highest BCUT2D eigenvalue weighted by molar-refractivity contribution is 6.30. The summed E-state index contributed by atoms with van der Waals surface area (Å²) in [5.74, 6) is -0.0917. The summed E-state index contributed by atoms with van der Waals surface area (Å²) in [5.41, 5.74) is 1.50. The fraction of sp³-hybridized carbons (Fsp3) is 0.125. The van der Waals surface area contributed by atoms with Gasteiger partial charge in [-0.3, -0.25) is 0 Å². The van der Waals surface area contributed by atoms with E-state index in [0.29, 0.717) is 27.1 Å². The van der Waals surface area contributed by atoms with Crippen LogP contribution in [0.2, 0.25) is 5.02 Å². The van der Waals surface area contributed by atoms with Crippen molar-refractivity contribution in [1.82, 2.24) is 0 Å². The highest BCUT2D eigenvalue weighted by atomic mass is 35.5. The minimum Gasteiger partial charge on any atom is -0.460 e. The molecule has 1 aromatic heterocycles. The Hall–Kier alpha value is -1.94. The Morgan fingerprint density at radius 1 is 1.00 bits per heavy atom. The van der Waals surface area contributed by atoms with Crippen molar-refractivity contribution < 1.29 is 17.6 Å². The lowest BCUT2D eigenvalue weighted by molar-refractivity contribution is -0.129. The van der Waals surface area contributed by atoms with Crippen molar-refractivity contribution in [3.63, 3.8) is 0 Å². The summed E-state index contributed by atoms with van der Waals surface area (Å²) in [6.07, 6.45) is -5.44. The molecule has 0 aliphatic rings. The van der Waals surface area contributed by atoms with Crippen molar-refractivity contribution in [3.05, 3.63) is 59.3 Å². The van der Waals surface area contributed by atoms with E-state index >= 15 is 0 Å². The van der Waals surface area contributed by atoms with E-state index in [9.17, 15) is 13.2 Å². The number of alkyl halides is 3. The molecular formula is C16H10ClF3O. The molecule has 5 heteroatoms. The Morgan fingerprint density at radius 2 is 1.76 bits per heavy atom. The van der Waals surface area contributed by atoms with Crippen LogP contribution in [0.3, 0.4) is 0 Å². The van der Waals surface area contributed by atoms with E-state index in [1.165, 1.54) is 0 Å². The third-order valence-electron chi connectivity index (χ3n) is 3.14. The van der Waals surface area contributed by atoms with E-state index in [0.717, 1.165) is 0 Å². The van der Waals surface area contributed by atoms with Crippen LogP contribution in [0.4, 0.5) is 13.2 Å². The van der Waals surface area contributed by atoms with Crippen molar-refractivity contribution >= 4 is 22.6 Å². The summed E-state index contributed by atoms with van der Waals surface area (Å²) in [7, 11) is 0. The lowest BCUT2D eigenvalue weighted by atomic mass is 10.0. The molecule has 0 unspecified atom stereocenters. The lowest BCUT2D eigenvalue weighted by Crippen LogP contribution is -2.11. The highest BCUT2D eigenvalue weighted by Gasteiger charge is 2.32. The van der Waals surface area contributed by atoms with Gasteiger partial charge in [-0.1, -0.05) is 41.9 Å². The molecule has 0 bridgehead atoms. The number of hydrogen-bond acceptors (Lipinski definition) is 1. The van der Waals surface area contributed by atoms with Gasteiger partial charge in [0.05, 0.1) is 0 Å². The fourth-order valence-corrected chi connectivity index (χ4v) is 2.55. The molecule has 0 spiro atoms. The maximum Gasteiger partial charge on any atom is 0.396 e. The monoisotopic (exact) mass is 310 g/mol. The number of rotatable bonds is 2. The molecule has 21 heavy (non-hydrogen) atoms. The van der Waals surface area contributed by atoms with Gasteiger partial charge < -0.3 is 4.42 Å². The topological polar surface area (TPSA) is 13.1 Å². The predicted octanol–water partition coefficient (Wildman–Crippen LogP) is 5.86. The Bertz CT molecular complexity index is 790. The number of para-hydroxylation sites is 1. The summed E-state index contributed by atoms with van der Waals surface area (Å²) in [6.45, 7) is 0. The van der Waals surface area contributed by atoms with Crippen LogP contribution in [-0.4, -0.2) is 6.18 Å². The minimum atomic E-state index is -4.33. The van der Waals surface area contributed by atoms with E-state index in [1.54, 1.807) is 48.5 Å². The second kappa shape index (κ2) is 5.11. The molecule has 0 N–H and O–H groups in total. The van der Waals surface area contributed by atoms with E-state index in [1.807, 2.05) is 0 Å². The summed E-state index contributed by atoms with van der Waals surface area (Å²) in [4.78, 5) is 0. The van der Waals surface area contributed by atoms with Gasteiger partial charge in [0.15, 0.2) is 0 Å². The zero-order chi connectivity index (χ0) is 15.0. The number of furan rings is 1. The van der Waals surface area contributed by atoms with Crippen molar-refractivity contribution in [1.29, 1.82) is 0 Å². The van der Waals surface area contributed by atoms with Crippen LogP contribution in [0.5, 0.6) is 0 Å². The van der Waals surface area contributed by atoms with Gasteiger partial charge in [0.25, 0.3) is 0 Å². The molecule has 0 aliphatic heterocycles. The number of benzene rings is 2. The smallest absolute Gasteiger partial charge is 0.396 e. The van der Waals surface area contributed by atoms with E-state index in [4.69, 9.17) is 16.0 Å². The molecule has 0 saturated carbocycles. The normalized spacial score (nSPS) is 12.0. The molecule has 0 aliphatic carbocycles. The van der Waals surface area contributed by atoms with Gasteiger partial charge in [-0.05, 0) is 23.8 Å². The second-order valence-electron chi connectivity index (χ2n) is 4.70. The van der Waals surface area contributed by atoms with Crippen LogP contribution in [-0.2, 0) is 6.42 Å². The molecule has 0 saturated heterocycles. The Balaban J connectivity index is 2.25. The van der Waals surface area contributed by atoms with Crippen molar-refractivity contribution in [2.75, 3.05) is 0 Å². The molecule has 2 aromatic carbocycles. The lowest BCUT2D eigenvalue weighted by Gasteiger charge is -2.07. The molecule has 0 atom stereocenters. The first-order valence-corrected chi connectivity index (χ1v) is 6.65. The maximum absolute atomic E-state index is 12.8. The molecule has 0 fully saturated rings. The number of halogens is 4. The van der Waals surface area contributed by atoms with Crippen molar-refractivity contribution in [2.24, 2.45) is 0 Å². The van der Waals surface area contributed by atoms with E-state index in [-0.39, 0.29) is 5.76 Å². The largest absolute Gasteiger partial charge is 0.460 e. The van der Waals surface area contributed by atoms with Crippen LogP contribution >= 0.6 is 11.6 Å². The van der Waals surface area contributed by atoms with Crippen LogP contribution in [0.15, 0.2) is 52.9 Å². The highest BCUT2D eigenvalue weighted by Crippen LogP contribution is 2.38. The van der Waals surface area contributed by atoms with E-state index in [2.05, 4.69) is 0 Å². The SMILES string of the molecule is FC(F)(F)Cc1oc2ccccc2c1-c1cccc(Cl)c1. The zero-order valence-corrected chi connectivity index (χ0v) is 11.5. The van der Waals surface area contributed by atoms with Gasteiger partial charge in [-0.2, -0.15) is 13.2 Å². The third-order valence-corrected chi connectivity index (χ3v) is 3.38. The second-order valence-corrected chi connectivity index (χ2v) is 5.14. The molecule has 1 nitrogen and oxygen atoms in total. The van der Waals surface area contributed by atoms with Crippen LogP contribution in [0.1, 0.15) is 5.76 Å². The Labute approximate surface area is 123 Å². The molecule has 108 valence electrons. The minimum absolute atomic E-state index is 0.0917. The first kappa shape index (κ1) is 14.0. The van der Waals surface area contributed by atoms with Crippen molar-refractivity contribution in [2.45, 2.75) is 12.6 Å². The van der Waals surface area contributed by atoms with Gasteiger partial charge in [0.1, 0.15) is 17.8 Å².